The molecule has 1 heterocycles. The number of sulfonamides is 1. The van der Waals surface area contributed by atoms with Crippen LogP contribution in [-0.4, -0.2) is 44.2 Å². The van der Waals surface area contributed by atoms with Gasteiger partial charge in [0.2, 0.25) is 10.0 Å². The molecule has 0 unspecified atom stereocenters. The van der Waals surface area contributed by atoms with E-state index >= 15 is 0 Å². The monoisotopic (exact) mass is 288 g/mol. The van der Waals surface area contributed by atoms with Gasteiger partial charge < -0.3 is 5.32 Å². The first kappa shape index (κ1) is 16.7. The van der Waals surface area contributed by atoms with Gasteiger partial charge in [0.25, 0.3) is 0 Å². The topological polar surface area (TPSA) is 49.4 Å². The van der Waals surface area contributed by atoms with E-state index in [0.717, 1.165) is 32.2 Å². The Hall–Kier alpha value is -0.390. The average molecular weight is 288 g/mol. The predicted molar refractivity (Wildman–Crippen MR) is 80.7 cm³/mol. The summed E-state index contributed by atoms with van der Waals surface area (Å²) in [4.78, 5) is 0. The molecule has 0 aliphatic carbocycles. The SMILES string of the molecule is CC(C)=CCC[C@@H](C)NC[C@H]1CCCN1S(C)(=O)=O. The maximum Gasteiger partial charge on any atom is 0.211 e. The first-order valence-electron chi connectivity index (χ1n) is 7.14. The lowest BCUT2D eigenvalue weighted by atomic mass is 10.1. The molecular weight excluding hydrogens is 260 g/mol. The minimum absolute atomic E-state index is 0.140. The highest BCUT2D eigenvalue weighted by molar-refractivity contribution is 7.88. The molecule has 1 N–H and O–H groups in total. The largest absolute Gasteiger partial charge is 0.313 e. The van der Waals surface area contributed by atoms with Crippen LogP contribution in [0, 0.1) is 0 Å². The molecule has 4 nitrogen and oxygen atoms in total. The molecule has 1 fully saturated rings. The number of rotatable bonds is 7. The highest BCUT2D eigenvalue weighted by atomic mass is 32.2. The molecule has 0 aromatic heterocycles. The lowest BCUT2D eigenvalue weighted by Gasteiger charge is -2.24. The van der Waals surface area contributed by atoms with E-state index in [-0.39, 0.29) is 6.04 Å². The van der Waals surface area contributed by atoms with Crippen LogP contribution in [0.4, 0.5) is 0 Å². The predicted octanol–water partition coefficient (Wildman–Crippen LogP) is 2.13. The van der Waals surface area contributed by atoms with E-state index in [9.17, 15) is 8.42 Å². The normalized spacial score (nSPS) is 22.4. The van der Waals surface area contributed by atoms with Crippen LogP contribution in [0.25, 0.3) is 0 Å². The molecular formula is C14H28N2O2S. The van der Waals surface area contributed by atoms with Gasteiger partial charge in [-0.1, -0.05) is 11.6 Å². The third-order valence-corrected chi connectivity index (χ3v) is 4.94. The third-order valence-electron chi connectivity index (χ3n) is 3.60. The van der Waals surface area contributed by atoms with Gasteiger partial charge in [-0.15, -0.1) is 0 Å². The van der Waals surface area contributed by atoms with Crippen molar-refractivity contribution in [3.05, 3.63) is 11.6 Å². The van der Waals surface area contributed by atoms with Crippen LogP contribution in [0.15, 0.2) is 11.6 Å². The van der Waals surface area contributed by atoms with E-state index in [1.807, 2.05) is 0 Å². The highest BCUT2D eigenvalue weighted by Gasteiger charge is 2.31. The fourth-order valence-corrected chi connectivity index (χ4v) is 3.69. The Balaban J connectivity index is 2.33. The molecule has 0 aromatic rings. The van der Waals surface area contributed by atoms with Gasteiger partial charge in [0, 0.05) is 25.2 Å². The minimum Gasteiger partial charge on any atom is -0.313 e. The van der Waals surface area contributed by atoms with Crippen LogP contribution in [-0.2, 0) is 10.0 Å². The molecule has 0 spiro atoms. The van der Waals surface area contributed by atoms with Crippen LogP contribution in [0.2, 0.25) is 0 Å². The van der Waals surface area contributed by atoms with Crippen molar-refractivity contribution < 1.29 is 8.42 Å². The van der Waals surface area contributed by atoms with Gasteiger partial charge in [-0.25, -0.2) is 8.42 Å². The molecule has 2 atom stereocenters. The first-order chi connectivity index (χ1) is 8.80. The van der Waals surface area contributed by atoms with Crippen molar-refractivity contribution in [2.24, 2.45) is 0 Å². The van der Waals surface area contributed by atoms with Gasteiger partial charge in [0.15, 0.2) is 0 Å². The standard InChI is InChI=1S/C14H28N2O2S/c1-12(2)7-5-8-13(3)15-11-14-9-6-10-16(14)19(4,17)18/h7,13-15H,5-6,8-11H2,1-4H3/t13-,14-/m1/s1. The summed E-state index contributed by atoms with van der Waals surface area (Å²) in [6.07, 6.45) is 7.68. The van der Waals surface area contributed by atoms with Crippen molar-refractivity contribution >= 4 is 10.0 Å². The maximum atomic E-state index is 11.6. The van der Waals surface area contributed by atoms with Gasteiger partial charge in [-0.2, -0.15) is 4.31 Å². The van der Waals surface area contributed by atoms with Crippen LogP contribution in [0.1, 0.15) is 46.5 Å². The van der Waals surface area contributed by atoms with Gasteiger partial charge >= 0.3 is 0 Å². The molecule has 1 rings (SSSR count). The van der Waals surface area contributed by atoms with Gasteiger partial charge in [0.1, 0.15) is 0 Å². The molecule has 0 saturated carbocycles. The summed E-state index contributed by atoms with van der Waals surface area (Å²) in [5.74, 6) is 0. The third kappa shape index (κ3) is 6.06. The number of nitrogens with zero attached hydrogens (tertiary/aromatic N) is 1. The van der Waals surface area contributed by atoms with Crippen LogP contribution >= 0.6 is 0 Å². The summed E-state index contributed by atoms with van der Waals surface area (Å²) in [5, 5.41) is 3.46. The van der Waals surface area contributed by atoms with Gasteiger partial charge in [0.05, 0.1) is 6.26 Å². The van der Waals surface area contributed by atoms with E-state index in [0.29, 0.717) is 12.6 Å². The van der Waals surface area contributed by atoms with Crippen LogP contribution in [0.5, 0.6) is 0 Å². The van der Waals surface area contributed by atoms with Crippen molar-refractivity contribution in [2.75, 3.05) is 19.3 Å². The van der Waals surface area contributed by atoms with Crippen molar-refractivity contribution in [1.82, 2.24) is 9.62 Å². The summed E-state index contributed by atoms with van der Waals surface area (Å²) in [6, 6.07) is 0.568. The molecule has 19 heavy (non-hydrogen) atoms. The first-order valence-corrected chi connectivity index (χ1v) is 8.99. The van der Waals surface area contributed by atoms with E-state index in [1.165, 1.54) is 11.8 Å². The average Bonchev–Trinajstić information content (AvgIpc) is 2.73. The zero-order chi connectivity index (χ0) is 14.5. The zero-order valence-corrected chi connectivity index (χ0v) is 13.5. The van der Waals surface area contributed by atoms with Gasteiger partial charge in [-0.3, -0.25) is 0 Å². The summed E-state index contributed by atoms with van der Waals surface area (Å²) < 4.78 is 24.9. The molecule has 1 aliphatic heterocycles. The van der Waals surface area contributed by atoms with Crippen molar-refractivity contribution in [3.8, 4) is 0 Å². The van der Waals surface area contributed by atoms with E-state index in [2.05, 4.69) is 32.2 Å². The molecule has 1 saturated heterocycles. The lowest BCUT2D eigenvalue weighted by Crippen LogP contribution is -2.43. The number of nitrogens with one attached hydrogen (secondary N) is 1. The Labute approximate surface area is 118 Å². The number of allylic oxidation sites excluding steroid dienone is 2. The number of hydrogen-bond acceptors (Lipinski definition) is 3. The summed E-state index contributed by atoms with van der Waals surface area (Å²) in [7, 11) is -3.04. The molecule has 1 aliphatic rings. The smallest absolute Gasteiger partial charge is 0.211 e. The van der Waals surface area contributed by atoms with Crippen molar-refractivity contribution in [3.63, 3.8) is 0 Å². The zero-order valence-electron chi connectivity index (χ0n) is 12.6. The Morgan fingerprint density at radius 2 is 2.16 bits per heavy atom. The second kappa shape index (κ2) is 7.41. The van der Waals surface area contributed by atoms with Gasteiger partial charge in [-0.05, 0) is 46.5 Å². The Bertz CT molecular complexity index is 400. The molecule has 112 valence electrons. The molecule has 0 radical (unpaired) electrons. The van der Waals surface area contributed by atoms with E-state index in [1.54, 1.807) is 4.31 Å². The summed E-state index contributed by atoms with van der Waals surface area (Å²) in [6.45, 7) is 7.83. The van der Waals surface area contributed by atoms with E-state index in [4.69, 9.17) is 0 Å². The van der Waals surface area contributed by atoms with Crippen molar-refractivity contribution in [1.29, 1.82) is 0 Å². The molecule has 0 amide bonds. The Morgan fingerprint density at radius 3 is 2.74 bits per heavy atom. The summed E-state index contributed by atoms with van der Waals surface area (Å²) in [5.41, 5.74) is 1.35. The molecule has 5 heteroatoms. The highest BCUT2D eigenvalue weighted by Crippen LogP contribution is 2.19. The second-order valence-electron chi connectivity index (χ2n) is 5.84. The summed E-state index contributed by atoms with van der Waals surface area (Å²) >= 11 is 0. The Morgan fingerprint density at radius 1 is 1.47 bits per heavy atom. The quantitative estimate of drug-likeness (QED) is 0.730. The maximum absolute atomic E-state index is 11.6. The fourth-order valence-electron chi connectivity index (χ4n) is 2.51. The lowest BCUT2D eigenvalue weighted by molar-refractivity contribution is 0.358. The van der Waals surface area contributed by atoms with Crippen molar-refractivity contribution in [2.45, 2.75) is 58.5 Å². The molecule has 0 aromatic carbocycles. The second-order valence-corrected chi connectivity index (χ2v) is 7.77. The fraction of sp³-hybridized carbons (Fsp3) is 0.857. The molecule has 0 bridgehead atoms. The Kier molecular flexibility index (Phi) is 6.50. The number of hydrogen-bond donors (Lipinski definition) is 1. The van der Waals surface area contributed by atoms with Crippen LogP contribution in [0.3, 0.4) is 0 Å². The van der Waals surface area contributed by atoms with E-state index < -0.39 is 10.0 Å². The van der Waals surface area contributed by atoms with Crippen LogP contribution < -0.4 is 5.32 Å². The minimum atomic E-state index is -3.04.